The molecule has 2 saturated heterocycles. The van der Waals surface area contributed by atoms with E-state index in [1.165, 1.54) is 0 Å². The molecule has 6 nitrogen and oxygen atoms in total. The number of piperidine rings is 1. The zero-order valence-electron chi connectivity index (χ0n) is 14.9. The number of hydrogen-bond acceptors (Lipinski definition) is 4. The molecule has 2 N–H and O–H groups in total. The Hall–Kier alpha value is -2.86. The van der Waals surface area contributed by atoms with Crippen LogP contribution in [-0.4, -0.2) is 40.6 Å². The highest BCUT2D eigenvalue weighted by Gasteiger charge is 2.55. The van der Waals surface area contributed by atoms with Gasteiger partial charge in [-0.15, -0.1) is 0 Å². The monoisotopic (exact) mass is 366 g/mol. The first-order valence-corrected chi connectivity index (χ1v) is 9.13. The van der Waals surface area contributed by atoms with Gasteiger partial charge in [0.25, 0.3) is 0 Å². The van der Waals surface area contributed by atoms with Crippen molar-refractivity contribution >= 4 is 12.0 Å². The first kappa shape index (κ1) is 17.5. The minimum Gasteiger partial charge on any atom is -0.445 e. The molecule has 0 saturated carbocycles. The van der Waals surface area contributed by atoms with Crippen molar-refractivity contribution in [2.24, 2.45) is 0 Å². The molecule has 2 fully saturated rings. The molecule has 4 rings (SSSR count). The molecule has 2 aromatic carbocycles. The average Bonchev–Trinajstić information content (AvgIpc) is 2.65. The van der Waals surface area contributed by atoms with Crippen LogP contribution in [0.3, 0.4) is 0 Å². The van der Waals surface area contributed by atoms with Gasteiger partial charge in [0, 0.05) is 13.0 Å². The topological polar surface area (TPSA) is 78.9 Å². The predicted molar refractivity (Wildman–Crippen MR) is 98.6 cm³/mol. The average molecular weight is 366 g/mol. The van der Waals surface area contributed by atoms with Crippen LogP contribution in [0.4, 0.5) is 4.79 Å². The fourth-order valence-corrected chi connectivity index (χ4v) is 3.94. The molecule has 2 aromatic rings. The number of nitrogens with zero attached hydrogens (tertiary/aromatic N) is 1. The fraction of sp³-hybridized carbons (Fsp3) is 0.333. The molecule has 140 valence electrons. The van der Waals surface area contributed by atoms with Gasteiger partial charge in [0.2, 0.25) is 5.91 Å². The molecule has 2 aliphatic heterocycles. The Morgan fingerprint density at radius 3 is 2.44 bits per heavy atom. The molecule has 2 aliphatic rings. The van der Waals surface area contributed by atoms with Crippen LogP contribution >= 0.6 is 0 Å². The number of nitrogens with one attached hydrogen (secondary N) is 1. The summed E-state index contributed by atoms with van der Waals surface area (Å²) in [7, 11) is 0. The van der Waals surface area contributed by atoms with E-state index in [1.807, 2.05) is 60.7 Å². The zero-order valence-corrected chi connectivity index (χ0v) is 14.9. The van der Waals surface area contributed by atoms with Crippen molar-refractivity contribution in [2.45, 2.75) is 37.1 Å². The first-order valence-electron chi connectivity index (χ1n) is 9.13. The summed E-state index contributed by atoms with van der Waals surface area (Å²) in [6.45, 7) is 0.721. The summed E-state index contributed by atoms with van der Waals surface area (Å²) in [4.78, 5) is 26.5. The van der Waals surface area contributed by atoms with Crippen molar-refractivity contribution in [1.82, 2.24) is 10.2 Å². The largest absolute Gasteiger partial charge is 0.445 e. The minimum absolute atomic E-state index is 0.128. The SMILES string of the molecule is O=C(N[C@H]1C[C@@](O)(c2ccccc2)[C@H]2CCN2C1=O)OCc1ccccc1. The fourth-order valence-electron chi connectivity index (χ4n) is 3.94. The Morgan fingerprint density at radius 1 is 1.15 bits per heavy atom. The molecule has 6 heteroatoms. The molecule has 0 bridgehead atoms. The van der Waals surface area contributed by atoms with Crippen LogP contribution in [0.15, 0.2) is 60.7 Å². The van der Waals surface area contributed by atoms with E-state index in [2.05, 4.69) is 5.32 Å². The van der Waals surface area contributed by atoms with Gasteiger partial charge < -0.3 is 20.1 Å². The van der Waals surface area contributed by atoms with E-state index in [0.29, 0.717) is 6.54 Å². The molecular formula is C21H22N2O4. The predicted octanol–water partition coefficient (Wildman–Crippen LogP) is 2.17. The molecular weight excluding hydrogens is 344 g/mol. The van der Waals surface area contributed by atoms with Gasteiger partial charge in [0.05, 0.1) is 6.04 Å². The Morgan fingerprint density at radius 2 is 1.81 bits per heavy atom. The van der Waals surface area contributed by atoms with E-state index in [1.54, 1.807) is 4.90 Å². The standard InChI is InChI=1S/C21H22N2O4/c24-19-17(22-20(25)27-14-15-7-3-1-4-8-15)13-21(26,18-11-12-23(18)19)16-9-5-2-6-10-16/h1-10,17-18,26H,11-14H2,(H,22,25)/t17-,18+,21+/m0/s1. The lowest BCUT2D eigenvalue weighted by molar-refractivity contribution is -0.174. The van der Waals surface area contributed by atoms with Crippen molar-refractivity contribution in [3.8, 4) is 0 Å². The molecule has 27 heavy (non-hydrogen) atoms. The third-order valence-electron chi connectivity index (χ3n) is 5.45. The van der Waals surface area contributed by atoms with Crippen LogP contribution in [0.1, 0.15) is 24.0 Å². The number of carbonyl (C=O) groups is 2. The number of rotatable bonds is 4. The van der Waals surface area contributed by atoms with Gasteiger partial charge in [-0.25, -0.2) is 4.79 Å². The summed E-state index contributed by atoms with van der Waals surface area (Å²) in [5.74, 6) is -0.163. The number of alkyl carbamates (subject to hydrolysis) is 1. The second-order valence-corrected chi connectivity index (χ2v) is 7.09. The van der Waals surface area contributed by atoms with Crippen molar-refractivity contribution in [2.75, 3.05) is 6.54 Å². The van der Waals surface area contributed by atoms with E-state index in [0.717, 1.165) is 17.5 Å². The smallest absolute Gasteiger partial charge is 0.408 e. The van der Waals surface area contributed by atoms with Gasteiger partial charge in [-0.1, -0.05) is 60.7 Å². The Balaban J connectivity index is 1.46. The molecule has 2 amide bonds. The summed E-state index contributed by atoms with van der Waals surface area (Å²) in [5, 5.41) is 14.0. The molecule has 2 heterocycles. The highest BCUT2D eigenvalue weighted by atomic mass is 16.5. The lowest BCUT2D eigenvalue weighted by atomic mass is 9.72. The molecule has 0 unspecified atom stereocenters. The lowest BCUT2D eigenvalue weighted by Gasteiger charge is -2.55. The summed E-state index contributed by atoms with van der Waals surface area (Å²) >= 11 is 0. The number of aliphatic hydroxyl groups is 1. The highest BCUT2D eigenvalue weighted by Crippen LogP contribution is 2.43. The van der Waals surface area contributed by atoms with Crippen molar-refractivity contribution in [1.29, 1.82) is 0 Å². The van der Waals surface area contributed by atoms with Gasteiger partial charge in [-0.05, 0) is 17.5 Å². The molecule has 0 spiro atoms. The van der Waals surface area contributed by atoms with Crippen LogP contribution in [0.2, 0.25) is 0 Å². The molecule has 3 atom stereocenters. The number of amides is 2. The maximum Gasteiger partial charge on any atom is 0.408 e. The summed E-state index contributed by atoms with van der Waals surface area (Å²) in [6.07, 6.45) is 0.228. The molecule has 0 aromatic heterocycles. The number of hydrogen-bond donors (Lipinski definition) is 2. The van der Waals surface area contributed by atoms with E-state index in [4.69, 9.17) is 4.74 Å². The highest BCUT2D eigenvalue weighted by molar-refractivity contribution is 5.88. The second kappa shape index (κ2) is 7.04. The third kappa shape index (κ3) is 3.28. The van der Waals surface area contributed by atoms with E-state index >= 15 is 0 Å². The third-order valence-corrected chi connectivity index (χ3v) is 5.45. The van der Waals surface area contributed by atoms with Gasteiger partial charge >= 0.3 is 6.09 Å². The van der Waals surface area contributed by atoms with Gasteiger partial charge in [0.1, 0.15) is 18.2 Å². The normalized spacial score (nSPS) is 26.7. The Kier molecular flexibility index (Phi) is 4.58. The summed E-state index contributed by atoms with van der Waals surface area (Å²) in [5.41, 5.74) is 0.452. The molecule has 0 radical (unpaired) electrons. The van der Waals surface area contributed by atoms with Gasteiger partial charge in [0.15, 0.2) is 0 Å². The van der Waals surface area contributed by atoms with Crippen molar-refractivity contribution in [3.63, 3.8) is 0 Å². The van der Waals surface area contributed by atoms with Crippen LogP contribution in [0.5, 0.6) is 0 Å². The maximum atomic E-state index is 12.7. The Bertz CT molecular complexity index is 827. The Labute approximate surface area is 157 Å². The maximum absolute atomic E-state index is 12.7. The van der Waals surface area contributed by atoms with Crippen LogP contribution < -0.4 is 5.32 Å². The van der Waals surface area contributed by atoms with Crippen LogP contribution in [-0.2, 0) is 21.7 Å². The zero-order chi connectivity index (χ0) is 18.9. The minimum atomic E-state index is -1.18. The van der Waals surface area contributed by atoms with Gasteiger partial charge in [-0.3, -0.25) is 4.79 Å². The number of carbonyl (C=O) groups excluding carboxylic acids is 2. The summed E-state index contributed by atoms with van der Waals surface area (Å²) in [6, 6.07) is 17.6. The van der Waals surface area contributed by atoms with Crippen molar-refractivity contribution < 1.29 is 19.4 Å². The number of ether oxygens (including phenoxy) is 1. The van der Waals surface area contributed by atoms with Crippen LogP contribution in [0, 0.1) is 0 Å². The number of fused-ring (bicyclic) bond motifs is 1. The van der Waals surface area contributed by atoms with E-state index in [9.17, 15) is 14.7 Å². The lowest BCUT2D eigenvalue weighted by Crippen LogP contribution is -2.70. The quantitative estimate of drug-likeness (QED) is 0.869. The van der Waals surface area contributed by atoms with Gasteiger partial charge in [-0.2, -0.15) is 0 Å². The van der Waals surface area contributed by atoms with Crippen molar-refractivity contribution in [3.05, 3.63) is 71.8 Å². The first-order chi connectivity index (χ1) is 13.1. The second-order valence-electron chi connectivity index (χ2n) is 7.09. The number of benzene rings is 2. The van der Waals surface area contributed by atoms with Crippen LogP contribution in [0.25, 0.3) is 0 Å². The summed E-state index contributed by atoms with van der Waals surface area (Å²) < 4.78 is 5.23. The van der Waals surface area contributed by atoms with E-state index < -0.39 is 17.7 Å². The molecule has 0 aliphatic carbocycles. The van der Waals surface area contributed by atoms with E-state index in [-0.39, 0.29) is 25.0 Å².